The van der Waals surface area contributed by atoms with Gasteiger partial charge >= 0.3 is 0 Å². The molecule has 0 aliphatic heterocycles. The highest BCUT2D eigenvalue weighted by Crippen LogP contribution is 2.39. The molecule has 1 unspecified atom stereocenters. The third-order valence-corrected chi connectivity index (χ3v) is 4.09. The number of hydrogen-bond donors (Lipinski definition) is 1. The van der Waals surface area contributed by atoms with E-state index < -0.39 is 0 Å². The van der Waals surface area contributed by atoms with Gasteiger partial charge in [-0.2, -0.15) is 0 Å². The van der Waals surface area contributed by atoms with Crippen molar-refractivity contribution >= 4 is 0 Å². The molecule has 0 spiro atoms. The van der Waals surface area contributed by atoms with Crippen molar-refractivity contribution in [1.29, 1.82) is 0 Å². The molecular formula is C15H26O2. The first-order chi connectivity index (χ1) is 7.68. The molecule has 0 heterocycles. The minimum absolute atomic E-state index is 0.00415. The molecule has 2 nitrogen and oxygen atoms in total. The van der Waals surface area contributed by atoms with Crippen molar-refractivity contribution in [2.24, 2.45) is 11.3 Å². The fourth-order valence-electron chi connectivity index (χ4n) is 2.11. The van der Waals surface area contributed by atoms with Gasteiger partial charge in [0.15, 0.2) is 0 Å². The normalized spacial score (nSPS) is 28.1. The van der Waals surface area contributed by atoms with Crippen molar-refractivity contribution in [2.45, 2.75) is 52.7 Å². The van der Waals surface area contributed by atoms with Gasteiger partial charge in [-0.3, -0.25) is 0 Å². The highest BCUT2D eigenvalue weighted by atomic mass is 16.5. The number of aliphatic hydroxyl groups excluding tert-OH is 1. The largest absolute Gasteiger partial charge is 0.389 e. The first-order valence-electron chi connectivity index (χ1n) is 6.33. The number of allylic oxidation sites excluding steroid dienone is 1. The highest BCUT2D eigenvalue weighted by molar-refractivity contribution is 5.14. The van der Waals surface area contributed by atoms with Crippen LogP contribution in [0.1, 0.15) is 41.0 Å². The Bertz CT molecular complexity index is 311. The van der Waals surface area contributed by atoms with Crippen LogP contribution in [0.5, 0.6) is 0 Å². The van der Waals surface area contributed by atoms with E-state index in [1.165, 1.54) is 0 Å². The summed E-state index contributed by atoms with van der Waals surface area (Å²) in [5.74, 6) is 0.191. The topological polar surface area (TPSA) is 29.5 Å². The van der Waals surface area contributed by atoms with Crippen LogP contribution in [0.25, 0.3) is 0 Å². The highest BCUT2D eigenvalue weighted by Gasteiger charge is 2.40. The Kier molecular flexibility index (Phi) is 4.21. The van der Waals surface area contributed by atoms with E-state index in [2.05, 4.69) is 34.3 Å². The zero-order valence-electron chi connectivity index (χ0n) is 11.8. The molecule has 1 aliphatic carbocycles. The van der Waals surface area contributed by atoms with E-state index in [4.69, 9.17) is 4.74 Å². The van der Waals surface area contributed by atoms with Crippen LogP contribution in [0.4, 0.5) is 0 Å². The van der Waals surface area contributed by atoms with Crippen LogP contribution in [0.2, 0.25) is 0 Å². The third-order valence-electron chi connectivity index (χ3n) is 4.09. The van der Waals surface area contributed by atoms with Crippen molar-refractivity contribution in [3.8, 4) is 0 Å². The molecule has 98 valence electrons. The Morgan fingerprint density at radius 1 is 1.41 bits per heavy atom. The molecule has 1 aliphatic rings. The van der Waals surface area contributed by atoms with Crippen molar-refractivity contribution in [1.82, 2.24) is 0 Å². The van der Waals surface area contributed by atoms with Gasteiger partial charge in [-0.1, -0.05) is 39.5 Å². The average molecular weight is 238 g/mol. The summed E-state index contributed by atoms with van der Waals surface area (Å²) in [4.78, 5) is 0. The van der Waals surface area contributed by atoms with E-state index in [1.54, 1.807) is 0 Å². The van der Waals surface area contributed by atoms with Crippen LogP contribution in [-0.2, 0) is 4.74 Å². The predicted molar refractivity (Wildman–Crippen MR) is 71.9 cm³/mol. The van der Waals surface area contributed by atoms with E-state index in [0.717, 1.165) is 12.0 Å². The number of ether oxygens (including phenoxy) is 1. The van der Waals surface area contributed by atoms with Crippen LogP contribution in [0, 0.1) is 11.3 Å². The molecule has 0 bridgehead atoms. The summed E-state index contributed by atoms with van der Waals surface area (Å²) >= 11 is 0. The molecule has 1 N–H and O–H groups in total. The van der Waals surface area contributed by atoms with Gasteiger partial charge in [-0.25, -0.2) is 0 Å². The van der Waals surface area contributed by atoms with Crippen molar-refractivity contribution < 1.29 is 9.84 Å². The smallest absolute Gasteiger partial charge is 0.0906 e. The minimum Gasteiger partial charge on any atom is -0.389 e. The summed E-state index contributed by atoms with van der Waals surface area (Å²) in [6.45, 7) is 15.2. The van der Waals surface area contributed by atoms with Crippen molar-refractivity contribution in [3.05, 3.63) is 24.3 Å². The number of rotatable bonds is 4. The Morgan fingerprint density at radius 3 is 2.35 bits per heavy atom. The summed E-state index contributed by atoms with van der Waals surface area (Å²) in [6, 6.07) is 0. The maximum Gasteiger partial charge on any atom is 0.0906 e. The van der Waals surface area contributed by atoms with Gasteiger partial charge in [-0.05, 0) is 31.3 Å². The van der Waals surface area contributed by atoms with E-state index in [-0.39, 0.29) is 23.0 Å². The minimum atomic E-state index is -0.357. The molecule has 2 heteroatoms. The summed E-state index contributed by atoms with van der Waals surface area (Å²) in [5, 5.41) is 9.74. The van der Waals surface area contributed by atoms with Gasteiger partial charge in [0, 0.05) is 5.92 Å². The molecule has 3 atom stereocenters. The van der Waals surface area contributed by atoms with E-state index in [0.29, 0.717) is 6.61 Å². The molecule has 17 heavy (non-hydrogen) atoms. The average Bonchev–Trinajstić information content (AvgIpc) is 2.58. The Balaban J connectivity index is 2.66. The number of hydrogen-bond acceptors (Lipinski definition) is 2. The standard InChI is InChI=1S/C15H26O2/c1-11(2)15(6,14(3,4)5)17-10-12-8-7-9-13(12)16/h7,9,12-13,16H,1,8,10H2,2-6H3/t12-,13-,15?/m1/s1. The first-order valence-corrected chi connectivity index (χ1v) is 6.33. The van der Waals surface area contributed by atoms with Gasteiger partial charge in [0.05, 0.1) is 18.3 Å². The molecule has 0 saturated heterocycles. The summed E-state index contributed by atoms with van der Waals surface area (Å²) in [5.41, 5.74) is 0.677. The molecule has 0 aromatic rings. The lowest BCUT2D eigenvalue weighted by Gasteiger charge is -2.43. The lowest BCUT2D eigenvalue weighted by atomic mass is 9.73. The molecule has 0 aromatic heterocycles. The van der Waals surface area contributed by atoms with E-state index >= 15 is 0 Å². The summed E-state index contributed by atoms with van der Waals surface area (Å²) < 4.78 is 6.11. The predicted octanol–water partition coefficient (Wildman–Crippen LogP) is 3.32. The van der Waals surface area contributed by atoms with Crippen molar-refractivity contribution in [2.75, 3.05) is 6.61 Å². The maximum absolute atomic E-state index is 9.74. The van der Waals surface area contributed by atoms with E-state index in [1.807, 2.05) is 19.1 Å². The molecule has 1 rings (SSSR count). The molecular weight excluding hydrogens is 212 g/mol. The van der Waals surface area contributed by atoms with Crippen molar-refractivity contribution in [3.63, 3.8) is 0 Å². The Labute approximate surface area is 105 Å². The molecule has 0 aromatic carbocycles. The monoisotopic (exact) mass is 238 g/mol. The fourth-order valence-corrected chi connectivity index (χ4v) is 2.11. The van der Waals surface area contributed by atoms with Crippen LogP contribution < -0.4 is 0 Å². The lowest BCUT2D eigenvalue weighted by Crippen LogP contribution is -2.45. The Morgan fingerprint density at radius 2 is 2.00 bits per heavy atom. The van der Waals surface area contributed by atoms with Crippen LogP contribution in [0.15, 0.2) is 24.3 Å². The SMILES string of the molecule is C=C(C)C(C)(OC[C@H]1CC=C[C@H]1O)C(C)(C)C. The van der Waals surface area contributed by atoms with Gasteiger partial charge in [0.25, 0.3) is 0 Å². The number of aliphatic hydroxyl groups is 1. The first kappa shape index (κ1) is 14.5. The van der Waals surface area contributed by atoms with E-state index in [9.17, 15) is 5.11 Å². The second kappa shape index (κ2) is 4.95. The second-order valence-corrected chi connectivity index (χ2v) is 6.29. The van der Waals surface area contributed by atoms with Gasteiger partial charge in [-0.15, -0.1) is 0 Å². The third kappa shape index (κ3) is 2.99. The zero-order chi connectivity index (χ0) is 13.3. The van der Waals surface area contributed by atoms with Gasteiger partial charge < -0.3 is 9.84 Å². The zero-order valence-corrected chi connectivity index (χ0v) is 11.8. The van der Waals surface area contributed by atoms with Crippen LogP contribution in [0.3, 0.4) is 0 Å². The molecule has 0 radical (unpaired) electrons. The van der Waals surface area contributed by atoms with Gasteiger partial charge in [0.1, 0.15) is 0 Å². The van der Waals surface area contributed by atoms with Crippen LogP contribution >= 0.6 is 0 Å². The lowest BCUT2D eigenvalue weighted by molar-refractivity contribution is -0.0957. The second-order valence-electron chi connectivity index (χ2n) is 6.29. The maximum atomic E-state index is 9.74. The molecule has 0 fully saturated rings. The Hall–Kier alpha value is -0.600. The fraction of sp³-hybridized carbons (Fsp3) is 0.733. The molecule has 0 amide bonds. The van der Waals surface area contributed by atoms with Crippen LogP contribution in [-0.4, -0.2) is 23.4 Å². The summed E-state index contributed by atoms with van der Waals surface area (Å²) in [7, 11) is 0. The quantitative estimate of drug-likeness (QED) is 0.761. The summed E-state index contributed by atoms with van der Waals surface area (Å²) in [6.07, 6.45) is 4.42. The van der Waals surface area contributed by atoms with Gasteiger partial charge in [0.2, 0.25) is 0 Å². The molecule has 0 saturated carbocycles.